The summed E-state index contributed by atoms with van der Waals surface area (Å²) in [6, 6.07) is 18.8. The molecule has 3 aromatic carbocycles. The third-order valence-corrected chi connectivity index (χ3v) is 8.26. The van der Waals surface area contributed by atoms with Gasteiger partial charge in [-0.2, -0.15) is 13.1 Å². The molecule has 0 aliphatic carbocycles. The molecule has 0 aromatic heterocycles. The second-order valence-corrected chi connectivity index (χ2v) is 11.9. The van der Waals surface area contributed by atoms with Gasteiger partial charge in [0, 0.05) is 12.1 Å². The van der Waals surface area contributed by atoms with Gasteiger partial charge in [-0.05, 0) is 30.2 Å². The number of aliphatic carboxylic acids is 1. The number of esters is 1. The Morgan fingerprint density at radius 2 is 1.61 bits per heavy atom. The van der Waals surface area contributed by atoms with E-state index in [1.54, 1.807) is 60.7 Å². The van der Waals surface area contributed by atoms with Gasteiger partial charge < -0.3 is 15.6 Å². The fourth-order valence-corrected chi connectivity index (χ4v) is 5.64. The first-order chi connectivity index (χ1) is 20.7. The normalized spacial score (nSPS) is 16.4. The second kappa shape index (κ2) is 14.1. The molecule has 0 fully saturated rings. The van der Waals surface area contributed by atoms with Gasteiger partial charge in [-0.3, -0.25) is 19.7 Å². The summed E-state index contributed by atoms with van der Waals surface area (Å²) < 4.78 is 53.8. The molecule has 1 unspecified atom stereocenters. The number of hydrogen-bond acceptors (Lipinski definition) is 10. The third-order valence-electron chi connectivity index (χ3n) is 6.30. The maximum Gasteiger partial charge on any atom is 0.327 e. The average Bonchev–Trinajstić information content (AvgIpc) is 3.47. The van der Waals surface area contributed by atoms with E-state index in [9.17, 15) is 36.5 Å². The number of benzene rings is 3. The van der Waals surface area contributed by atoms with Crippen LogP contribution in [0.4, 0.5) is 5.69 Å². The number of carboxylic acids is 1. The highest BCUT2D eigenvalue weighted by Gasteiger charge is 2.41. The molecule has 0 saturated carbocycles. The average molecular weight is 646 g/mol. The lowest BCUT2D eigenvalue weighted by molar-refractivity contribution is -0.384. The van der Waals surface area contributed by atoms with Gasteiger partial charge in [-0.25, -0.2) is 18.7 Å². The third kappa shape index (κ3) is 7.97. The summed E-state index contributed by atoms with van der Waals surface area (Å²) in [5.41, 5.74) is 5.91. The lowest BCUT2D eigenvalue weighted by Gasteiger charge is -2.33. The molecular weight excluding hydrogens is 618 g/mol. The van der Waals surface area contributed by atoms with Crippen molar-refractivity contribution in [1.29, 1.82) is 0 Å². The molecule has 3 atom stereocenters. The molecule has 17 heteroatoms. The number of methoxy groups -OCH3 is 1. The van der Waals surface area contributed by atoms with Gasteiger partial charge >= 0.3 is 11.9 Å². The lowest BCUT2D eigenvalue weighted by atomic mass is 9.86. The first kappa shape index (κ1) is 33.7. The largest absolute Gasteiger partial charge is 0.480 e. The molecular formula is C27H27N5O10S2. The van der Waals surface area contributed by atoms with E-state index in [-0.39, 0.29) is 21.4 Å². The number of aliphatic imine (C=N–C) groups is 1. The molecule has 0 amide bonds. The number of sulfonamides is 1. The summed E-state index contributed by atoms with van der Waals surface area (Å²) in [7, 11) is -5.65. The number of nitrogens with two attached hydrogens (primary N) is 1. The van der Waals surface area contributed by atoms with Crippen LogP contribution in [0.25, 0.3) is 0 Å². The van der Waals surface area contributed by atoms with Crippen LogP contribution in [0.3, 0.4) is 0 Å². The minimum Gasteiger partial charge on any atom is -0.480 e. The minimum atomic E-state index is -4.20. The minimum absolute atomic E-state index is 0.192. The molecule has 15 nitrogen and oxygen atoms in total. The van der Waals surface area contributed by atoms with Crippen molar-refractivity contribution >= 4 is 48.8 Å². The molecule has 0 radical (unpaired) electrons. The van der Waals surface area contributed by atoms with Crippen molar-refractivity contribution in [3.05, 3.63) is 106 Å². The van der Waals surface area contributed by atoms with Gasteiger partial charge in [0.05, 0.1) is 28.2 Å². The number of rotatable bonds is 9. The molecule has 1 aliphatic heterocycles. The summed E-state index contributed by atoms with van der Waals surface area (Å²) in [5.74, 6) is -2.04. The van der Waals surface area contributed by atoms with E-state index in [4.69, 9.17) is 15.6 Å². The van der Waals surface area contributed by atoms with E-state index in [1.807, 2.05) is 0 Å². The van der Waals surface area contributed by atoms with Crippen molar-refractivity contribution in [3.63, 3.8) is 0 Å². The van der Waals surface area contributed by atoms with Crippen LogP contribution in [0.15, 0.2) is 94.8 Å². The SMILES string of the molecule is COC(=O)[C@@H](NS(=O)(=O)c1ccc([N+](=O)[O-])cc1)[C@](C)(N)c1ccccc1.O=C(O)C1NC(=S(=O)=O)N=C1c1ccccc1. The molecule has 0 spiro atoms. The molecule has 1 heterocycles. The first-order valence-corrected chi connectivity index (χ1v) is 15.0. The number of nitro groups is 1. The van der Waals surface area contributed by atoms with Gasteiger partial charge in [0.1, 0.15) is 6.04 Å². The number of nitrogens with one attached hydrogen (secondary N) is 2. The van der Waals surface area contributed by atoms with Crippen LogP contribution in [-0.2, 0) is 40.2 Å². The van der Waals surface area contributed by atoms with Gasteiger partial charge in [0.2, 0.25) is 15.1 Å². The molecule has 4 rings (SSSR count). The number of carbonyl (C=O) groups is 2. The zero-order valence-electron chi connectivity index (χ0n) is 23.1. The van der Waals surface area contributed by atoms with Crippen LogP contribution in [0, 0.1) is 10.1 Å². The molecule has 1 aliphatic rings. The predicted molar refractivity (Wildman–Crippen MR) is 159 cm³/mol. The van der Waals surface area contributed by atoms with Gasteiger partial charge in [0.25, 0.3) is 16.0 Å². The summed E-state index contributed by atoms with van der Waals surface area (Å²) in [6.45, 7) is 1.50. The summed E-state index contributed by atoms with van der Waals surface area (Å²) in [6.07, 6.45) is 0. The van der Waals surface area contributed by atoms with Crippen LogP contribution in [0.2, 0.25) is 0 Å². The van der Waals surface area contributed by atoms with E-state index in [1.165, 1.54) is 6.92 Å². The Labute approximate surface area is 253 Å². The van der Waals surface area contributed by atoms with E-state index in [2.05, 4.69) is 15.0 Å². The standard InChI is InChI=1S/C17H19N3O6S.C10H8N2O4S/c1-17(18,12-6-4-3-5-7-12)15(16(21)26-2)19-27(24,25)14-10-8-13(9-11-14)20(22)23;13-9(14)8-7(6-4-2-1-3-5-6)11-10(12-8)17(15)16/h3-11,15,19H,18H2,1-2H3;1-5,8,12H,(H,13,14)/t15-,17-;/m1./s1. The Balaban J connectivity index is 0.000000266. The van der Waals surface area contributed by atoms with E-state index < -0.39 is 54.8 Å². The van der Waals surface area contributed by atoms with Crippen molar-refractivity contribution in [2.24, 2.45) is 10.7 Å². The lowest BCUT2D eigenvalue weighted by Crippen LogP contribution is -2.58. The zero-order chi connectivity index (χ0) is 32.7. The zero-order valence-corrected chi connectivity index (χ0v) is 24.8. The van der Waals surface area contributed by atoms with Crippen molar-refractivity contribution in [2.45, 2.75) is 29.4 Å². The Morgan fingerprint density at radius 1 is 1.07 bits per heavy atom. The van der Waals surface area contributed by atoms with Crippen molar-refractivity contribution in [1.82, 2.24) is 10.0 Å². The van der Waals surface area contributed by atoms with Gasteiger partial charge in [-0.15, -0.1) is 0 Å². The van der Waals surface area contributed by atoms with Crippen LogP contribution in [0.1, 0.15) is 18.1 Å². The number of ether oxygens (including phenoxy) is 1. The highest BCUT2D eigenvalue weighted by molar-refractivity contribution is 7.89. The van der Waals surface area contributed by atoms with Crippen LogP contribution < -0.4 is 15.8 Å². The van der Waals surface area contributed by atoms with Gasteiger partial charge in [0.15, 0.2) is 6.04 Å². The van der Waals surface area contributed by atoms with Crippen LogP contribution >= 0.6 is 0 Å². The first-order valence-electron chi connectivity index (χ1n) is 12.5. The number of hydrogen-bond donors (Lipinski definition) is 4. The van der Waals surface area contributed by atoms with Crippen molar-refractivity contribution in [3.8, 4) is 0 Å². The quantitative estimate of drug-likeness (QED) is 0.109. The summed E-state index contributed by atoms with van der Waals surface area (Å²) >= 11 is 0. The molecule has 0 saturated heterocycles. The highest BCUT2D eigenvalue weighted by atomic mass is 32.2. The molecule has 232 valence electrons. The fourth-order valence-electron chi connectivity index (χ4n) is 3.97. The van der Waals surface area contributed by atoms with Crippen molar-refractivity contribution in [2.75, 3.05) is 7.11 Å². The second-order valence-electron chi connectivity index (χ2n) is 9.30. The number of nitrogens with zero attached hydrogens (tertiary/aromatic N) is 2. The van der Waals surface area contributed by atoms with Crippen LogP contribution in [0.5, 0.6) is 0 Å². The van der Waals surface area contributed by atoms with E-state index in [0.29, 0.717) is 11.1 Å². The summed E-state index contributed by atoms with van der Waals surface area (Å²) in [4.78, 5) is 36.9. The maximum absolute atomic E-state index is 12.7. The number of non-ortho nitro benzene ring substituents is 1. The monoisotopic (exact) mass is 645 g/mol. The number of carbonyl (C=O) groups excluding carboxylic acids is 1. The van der Waals surface area contributed by atoms with Crippen molar-refractivity contribution < 1.29 is 41.2 Å². The predicted octanol–water partition coefficient (Wildman–Crippen LogP) is 0.787. The Kier molecular flexibility index (Phi) is 10.8. The maximum atomic E-state index is 12.7. The molecule has 0 bridgehead atoms. The fraction of sp³-hybridized carbons (Fsp3) is 0.185. The molecule has 5 N–H and O–H groups in total. The van der Waals surface area contributed by atoms with Gasteiger partial charge in [-0.1, -0.05) is 60.7 Å². The number of carboxylic acid groups (broad SMARTS) is 1. The van der Waals surface area contributed by atoms with E-state index >= 15 is 0 Å². The Bertz CT molecular complexity index is 1800. The molecule has 44 heavy (non-hydrogen) atoms. The smallest absolute Gasteiger partial charge is 0.327 e. The Morgan fingerprint density at radius 3 is 2.09 bits per heavy atom. The Hall–Kier alpha value is -4.81. The molecule has 3 aromatic rings. The topological polar surface area (TPSA) is 237 Å². The van der Waals surface area contributed by atoms with E-state index in [0.717, 1.165) is 31.4 Å². The highest BCUT2D eigenvalue weighted by Crippen LogP contribution is 2.25. The van der Waals surface area contributed by atoms with Crippen LogP contribution in [-0.4, -0.2) is 68.8 Å². The summed E-state index contributed by atoms with van der Waals surface area (Å²) in [5, 5.41) is 21.7. The number of nitro benzene ring substituents is 1.